The highest BCUT2D eigenvalue weighted by Crippen LogP contribution is 2.26. The fourth-order valence-corrected chi connectivity index (χ4v) is 3.86. The lowest BCUT2D eigenvalue weighted by molar-refractivity contribution is -0.384. The van der Waals surface area contributed by atoms with Crippen molar-refractivity contribution in [2.24, 2.45) is 0 Å². The standard InChI is InChI=1S/C19H25N5O4S/c1-28-10-5-20-17-4-3-15(11-18(17)24(26)27)19(25)23-7-2-6-22(8-9-23)12-16-13-29-14-21-16/h3-4,11,13-14,20H,2,5-10,12H2,1H3. The number of anilines is 1. The van der Waals surface area contributed by atoms with E-state index < -0.39 is 4.92 Å². The van der Waals surface area contributed by atoms with Crippen molar-refractivity contribution in [1.82, 2.24) is 14.8 Å². The molecule has 0 radical (unpaired) electrons. The van der Waals surface area contributed by atoms with Crippen LogP contribution in [-0.2, 0) is 11.3 Å². The number of nitrogens with zero attached hydrogens (tertiary/aromatic N) is 4. The molecule has 10 heteroatoms. The number of amides is 1. The summed E-state index contributed by atoms with van der Waals surface area (Å²) < 4.78 is 4.96. The van der Waals surface area contributed by atoms with Crippen LogP contribution in [0.25, 0.3) is 0 Å². The second kappa shape index (κ2) is 10.3. The van der Waals surface area contributed by atoms with Gasteiger partial charge in [0.05, 0.1) is 22.7 Å². The van der Waals surface area contributed by atoms with Gasteiger partial charge in [0, 0.05) is 63.4 Å². The molecule has 9 nitrogen and oxygen atoms in total. The first kappa shape index (κ1) is 21.2. The Morgan fingerprint density at radius 3 is 2.93 bits per heavy atom. The van der Waals surface area contributed by atoms with Crippen LogP contribution in [-0.4, -0.2) is 72.1 Å². The molecule has 2 aromatic rings. The maximum Gasteiger partial charge on any atom is 0.293 e. The quantitative estimate of drug-likeness (QED) is 0.398. The van der Waals surface area contributed by atoms with Gasteiger partial charge in [-0.05, 0) is 18.6 Å². The normalized spacial score (nSPS) is 15.1. The van der Waals surface area contributed by atoms with Crippen LogP contribution >= 0.6 is 11.3 Å². The zero-order valence-electron chi connectivity index (χ0n) is 16.4. The first-order chi connectivity index (χ1) is 14.1. The van der Waals surface area contributed by atoms with Crippen LogP contribution in [0.15, 0.2) is 29.1 Å². The fraction of sp³-hybridized carbons (Fsp3) is 0.474. The SMILES string of the molecule is COCCNc1ccc(C(=O)N2CCCN(Cc3cscn3)CC2)cc1[N+](=O)[O-]. The van der Waals surface area contributed by atoms with Crippen LogP contribution in [0.4, 0.5) is 11.4 Å². The van der Waals surface area contributed by atoms with Crippen LogP contribution in [0.1, 0.15) is 22.5 Å². The van der Waals surface area contributed by atoms with Crippen LogP contribution in [0.5, 0.6) is 0 Å². The number of ether oxygens (including phenoxy) is 1. The second-order valence-corrected chi connectivity index (χ2v) is 7.53. The third-order valence-electron chi connectivity index (χ3n) is 4.81. The molecule has 3 rings (SSSR count). The molecule has 1 amide bonds. The number of carbonyl (C=O) groups excluding carboxylic acids is 1. The highest BCUT2D eigenvalue weighted by molar-refractivity contribution is 7.07. The number of thiazole rings is 1. The molecule has 0 bridgehead atoms. The Labute approximate surface area is 173 Å². The molecule has 2 heterocycles. The zero-order chi connectivity index (χ0) is 20.6. The Bertz CT molecular complexity index is 830. The average molecular weight is 420 g/mol. The fourth-order valence-electron chi connectivity index (χ4n) is 3.31. The highest BCUT2D eigenvalue weighted by Gasteiger charge is 2.23. The minimum absolute atomic E-state index is 0.105. The van der Waals surface area contributed by atoms with Crippen molar-refractivity contribution >= 4 is 28.6 Å². The van der Waals surface area contributed by atoms with Gasteiger partial charge in [0.25, 0.3) is 11.6 Å². The lowest BCUT2D eigenvalue weighted by atomic mass is 10.1. The molecular weight excluding hydrogens is 394 g/mol. The van der Waals surface area contributed by atoms with E-state index in [2.05, 4.69) is 15.2 Å². The van der Waals surface area contributed by atoms with E-state index in [0.717, 1.165) is 31.7 Å². The number of aromatic nitrogens is 1. The van der Waals surface area contributed by atoms with E-state index in [9.17, 15) is 14.9 Å². The van der Waals surface area contributed by atoms with Crippen molar-refractivity contribution in [2.45, 2.75) is 13.0 Å². The molecule has 0 unspecified atom stereocenters. The van der Waals surface area contributed by atoms with E-state index >= 15 is 0 Å². The maximum absolute atomic E-state index is 13.0. The minimum atomic E-state index is -0.468. The Kier molecular flexibility index (Phi) is 7.50. The van der Waals surface area contributed by atoms with Crippen LogP contribution in [0.3, 0.4) is 0 Å². The van der Waals surface area contributed by atoms with E-state index in [1.54, 1.807) is 35.5 Å². The predicted molar refractivity (Wildman–Crippen MR) is 111 cm³/mol. The largest absolute Gasteiger partial charge is 0.383 e. The second-order valence-electron chi connectivity index (χ2n) is 6.81. The number of nitro groups is 1. The number of hydrogen-bond donors (Lipinski definition) is 1. The van der Waals surface area contributed by atoms with Gasteiger partial charge in [-0.1, -0.05) is 0 Å². The summed E-state index contributed by atoms with van der Waals surface area (Å²) in [6, 6.07) is 4.59. The Morgan fingerprint density at radius 1 is 1.34 bits per heavy atom. The van der Waals surface area contributed by atoms with Crippen LogP contribution in [0.2, 0.25) is 0 Å². The predicted octanol–water partition coefficient (Wildman–Crippen LogP) is 2.46. The highest BCUT2D eigenvalue weighted by atomic mass is 32.1. The summed E-state index contributed by atoms with van der Waals surface area (Å²) >= 11 is 1.58. The number of hydrogen-bond acceptors (Lipinski definition) is 8. The van der Waals surface area contributed by atoms with E-state index in [0.29, 0.717) is 37.5 Å². The molecule has 1 aliphatic rings. The van der Waals surface area contributed by atoms with Crippen molar-refractivity contribution in [1.29, 1.82) is 0 Å². The summed E-state index contributed by atoms with van der Waals surface area (Å²) in [4.78, 5) is 32.3. The van der Waals surface area contributed by atoms with Crippen molar-refractivity contribution in [3.05, 3.63) is 50.5 Å². The molecular formula is C19H25N5O4S. The summed E-state index contributed by atoms with van der Waals surface area (Å²) in [7, 11) is 1.57. The number of nitro benzene ring substituents is 1. The molecule has 29 heavy (non-hydrogen) atoms. The van der Waals surface area contributed by atoms with Gasteiger partial charge in [-0.2, -0.15) is 0 Å². The molecule has 0 spiro atoms. The molecule has 156 valence electrons. The number of nitrogens with one attached hydrogen (secondary N) is 1. The molecule has 1 aromatic heterocycles. The van der Waals surface area contributed by atoms with Gasteiger partial charge >= 0.3 is 0 Å². The molecule has 0 aliphatic carbocycles. The van der Waals surface area contributed by atoms with Gasteiger partial charge in [0.1, 0.15) is 5.69 Å². The van der Waals surface area contributed by atoms with Gasteiger partial charge in [-0.25, -0.2) is 4.98 Å². The lowest BCUT2D eigenvalue weighted by Crippen LogP contribution is -2.35. The maximum atomic E-state index is 13.0. The molecule has 0 atom stereocenters. The Balaban J connectivity index is 1.66. The zero-order valence-corrected chi connectivity index (χ0v) is 17.2. The molecule has 1 saturated heterocycles. The van der Waals surface area contributed by atoms with Crippen molar-refractivity contribution in [3.63, 3.8) is 0 Å². The van der Waals surface area contributed by atoms with Crippen molar-refractivity contribution in [3.8, 4) is 0 Å². The monoisotopic (exact) mass is 419 g/mol. The topological polar surface area (TPSA) is 101 Å². The van der Waals surface area contributed by atoms with E-state index in [1.165, 1.54) is 6.07 Å². The molecule has 0 saturated carbocycles. The van der Waals surface area contributed by atoms with Crippen molar-refractivity contribution < 1.29 is 14.5 Å². The Hall–Kier alpha value is -2.56. The smallest absolute Gasteiger partial charge is 0.293 e. The first-order valence-electron chi connectivity index (χ1n) is 9.48. The van der Waals surface area contributed by atoms with E-state index in [1.807, 2.05) is 10.9 Å². The van der Waals surface area contributed by atoms with Gasteiger partial charge in [-0.3, -0.25) is 19.8 Å². The average Bonchev–Trinajstić information content (AvgIpc) is 3.12. The molecule has 1 aliphatic heterocycles. The summed E-state index contributed by atoms with van der Waals surface area (Å²) in [5.74, 6) is -0.174. The van der Waals surface area contributed by atoms with Gasteiger partial charge in [-0.15, -0.1) is 11.3 Å². The van der Waals surface area contributed by atoms with Crippen molar-refractivity contribution in [2.75, 3.05) is 51.8 Å². The number of methoxy groups -OCH3 is 1. The van der Waals surface area contributed by atoms with Gasteiger partial charge < -0.3 is 15.0 Å². The number of benzene rings is 1. The number of rotatable bonds is 8. The lowest BCUT2D eigenvalue weighted by Gasteiger charge is -2.21. The van der Waals surface area contributed by atoms with Crippen LogP contribution < -0.4 is 5.32 Å². The third-order valence-corrected chi connectivity index (χ3v) is 5.44. The van der Waals surface area contributed by atoms with Gasteiger partial charge in [0.2, 0.25) is 0 Å². The molecule has 1 N–H and O–H groups in total. The molecule has 1 fully saturated rings. The van der Waals surface area contributed by atoms with E-state index in [-0.39, 0.29) is 11.6 Å². The first-order valence-corrected chi connectivity index (χ1v) is 10.4. The van der Waals surface area contributed by atoms with Crippen LogP contribution in [0, 0.1) is 10.1 Å². The summed E-state index contributed by atoms with van der Waals surface area (Å²) in [5, 5.41) is 16.5. The summed E-state index contributed by atoms with van der Waals surface area (Å²) in [6.07, 6.45) is 0.856. The third kappa shape index (κ3) is 5.72. The summed E-state index contributed by atoms with van der Waals surface area (Å²) in [6.45, 7) is 4.53. The Morgan fingerprint density at radius 2 is 2.21 bits per heavy atom. The van der Waals surface area contributed by atoms with Gasteiger partial charge in [0.15, 0.2) is 0 Å². The number of carbonyl (C=O) groups is 1. The van der Waals surface area contributed by atoms with E-state index in [4.69, 9.17) is 4.74 Å². The minimum Gasteiger partial charge on any atom is -0.383 e. The summed E-state index contributed by atoms with van der Waals surface area (Å²) in [5.41, 5.74) is 3.48. The molecule has 1 aromatic carbocycles.